The molecule has 3 rings (SSSR count). The molecule has 0 saturated carbocycles. The number of rotatable bonds is 6. The minimum atomic E-state index is -3.06. The Balaban J connectivity index is 1.80. The maximum atomic E-state index is 13.0. The molecule has 0 radical (unpaired) electrons. The summed E-state index contributed by atoms with van der Waals surface area (Å²) in [6.45, 7) is 0.764. The van der Waals surface area contributed by atoms with E-state index in [1.54, 1.807) is 24.1 Å². The molecule has 0 aromatic heterocycles. The minimum absolute atomic E-state index is 0.0323. The predicted molar refractivity (Wildman–Crippen MR) is 102 cm³/mol. The fourth-order valence-corrected chi connectivity index (χ4v) is 4.99. The number of hydrogen-bond acceptors (Lipinski definition) is 4. The Bertz CT molecular complexity index is 847. The van der Waals surface area contributed by atoms with Gasteiger partial charge in [-0.3, -0.25) is 4.79 Å². The molecule has 26 heavy (non-hydrogen) atoms. The van der Waals surface area contributed by atoms with Gasteiger partial charge in [0.2, 0.25) is 0 Å². The number of benzene rings is 2. The molecule has 2 aromatic rings. The molecule has 1 aliphatic heterocycles. The fourth-order valence-electron chi connectivity index (χ4n) is 3.26. The SMILES string of the molecule is COCCN(C(=O)c1ccc(-c2ccccc2)cc1)[C@@H]1CCS(=O)(=O)C1. The zero-order valence-corrected chi connectivity index (χ0v) is 15.6. The van der Waals surface area contributed by atoms with Crippen molar-refractivity contribution in [3.05, 3.63) is 60.2 Å². The Morgan fingerprint density at radius 2 is 1.73 bits per heavy atom. The van der Waals surface area contributed by atoms with Crippen LogP contribution in [0.1, 0.15) is 16.8 Å². The quantitative estimate of drug-likeness (QED) is 0.781. The summed E-state index contributed by atoms with van der Waals surface area (Å²) in [7, 11) is -1.49. The molecule has 0 N–H and O–H groups in total. The number of sulfone groups is 1. The first-order valence-corrected chi connectivity index (χ1v) is 10.5. The number of ether oxygens (including phenoxy) is 1. The Morgan fingerprint density at radius 3 is 2.31 bits per heavy atom. The number of amides is 1. The summed E-state index contributed by atoms with van der Waals surface area (Å²) in [5.41, 5.74) is 2.68. The molecule has 0 unspecified atom stereocenters. The lowest BCUT2D eigenvalue weighted by atomic mass is 10.0. The fraction of sp³-hybridized carbons (Fsp3) is 0.350. The summed E-state index contributed by atoms with van der Waals surface area (Å²) in [5, 5.41) is 0. The largest absolute Gasteiger partial charge is 0.383 e. The molecule has 6 heteroatoms. The van der Waals surface area contributed by atoms with Gasteiger partial charge in [0, 0.05) is 25.3 Å². The van der Waals surface area contributed by atoms with Crippen LogP contribution in [0.15, 0.2) is 54.6 Å². The molecule has 5 nitrogen and oxygen atoms in total. The number of hydrogen-bond donors (Lipinski definition) is 0. The summed E-state index contributed by atoms with van der Waals surface area (Å²) in [4.78, 5) is 14.6. The van der Waals surface area contributed by atoms with E-state index < -0.39 is 9.84 Å². The van der Waals surface area contributed by atoms with Crippen molar-refractivity contribution >= 4 is 15.7 Å². The highest BCUT2D eigenvalue weighted by molar-refractivity contribution is 7.91. The van der Waals surface area contributed by atoms with Crippen molar-refractivity contribution in [3.8, 4) is 11.1 Å². The molecule has 1 heterocycles. The van der Waals surface area contributed by atoms with Crippen LogP contribution in [-0.2, 0) is 14.6 Å². The molecule has 0 aliphatic carbocycles. The van der Waals surface area contributed by atoms with Gasteiger partial charge in [-0.2, -0.15) is 0 Å². The lowest BCUT2D eigenvalue weighted by Crippen LogP contribution is -2.43. The smallest absolute Gasteiger partial charge is 0.254 e. The summed E-state index contributed by atoms with van der Waals surface area (Å²) in [5.74, 6) is 0.0233. The third-order valence-electron chi connectivity index (χ3n) is 4.69. The zero-order chi connectivity index (χ0) is 18.6. The van der Waals surface area contributed by atoms with E-state index in [1.807, 2.05) is 42.5 Å². The number of carbonyl (C=O) groups excluding carboxylic acids is 1. The van der Waals surface area contributed by atoms with Gasteiger partial charge in [0.05, 0.1) is 18.1 Å². The van der Waals surface area contributed by atoms with Crippen LogP contribution in [0.2, 0.25) is 0 Å². The molecule has 0 bridgehead atoms. The van der Waals surface area contributed by atoms with E-state index in [2.05, 4.69) is 0 Å². The summed E-state index contributed by atoms with van der Waals surface area (Å²) in [6.07, 6.45) is 0.486. The van der Waals surface area contributed by atoms with Crippen LogP contribution < -0.4 is 0 Å². The van der Waals surface area contributed by atoms with Gasteiger partial charge in [0.1, 0.15) is 0 Å². The molecule has 1 aliphatic rings. The third kappa shape index (κ3) is 4.31. The second kappa shape index (κ2) is 8.01. The monoisotopic (exact) mass is 373 g/mol. The van der Waals surface area contributed by atoms with Crippen molar-refractivity contribution in [2.75, 3.05) is 31.8 Å². The topological polar surface area (TPSA) is 63.7 Å². The lowest BCUT2D eigenvalue weighted by molar-refractivity contribution is 0.0624. The first-order valence-electron chi connectivity index (χ1n) is 8.66. The molecule has 0 spiro atoms. The molecule has 1 atom stereocenters. The van der Waals surface area contributed by atoms with E-state index in [9.17, 15) is 13.2 Å². The first-order chi connectivity index (χ1) is 12.5. The highest BCUT2D eigenvalue weighted by Crippen LogP contribution is 2.23. The van der Waals surface area contributed by atoms with Gasteiger partial charge in [-0.15, -0.1) is 0 Å². The van der Waals surface area contributed by atoms with Gasteiger partial charge in [-0.25, -0.2) is 8.42 Å². The van der Waals surface area contributed by atoms with Crippen molar-refractivity contribution in [2.45, 2.75) is 12.5 Å². The van der Waals surface area contributed by atoms with Crippen LogP contribution >= 0.6 is 0 Å². The van der Waals surface area contributed by atoms with Crippen LogP contribution in [-0.4, -0.2) is 57.0 Å². The van der Waals surface area contributed by atoms with Gasteiger partial charge >= 0.3 is 0 Å². The maximum Gasteiger partial charge on any atom is 0.254 e. The molecule has 2 aromatic carbocycles. The van der Waals surface area contributed by atoms with Gasteiger partial charge in [0.15, 0.2) is 9.84 Å². The average Bonchev–Trinajstić information content (AvgIpc) is 3.02. The molecular weight excluding hydrogens is 350 g/mol. The van der Waals surface area contributed by atoms with E-state index in [0.29, 0.717) is 25.1 Å². The summed E-state index contributed by atoms with van der Waals surface area (Å²) >= 11 is 0. The van der Waals surface area contributed by atoms with E-state index in [1.165, 1.54) is 0 Å². The van der Waals surface area contributed by atoms with Crippen LogP contribution in [0.3, 0.4) is 0 Å². The van der Waals surface area contributed by atoms with Crippen LogP contribution in [0.5, 0.6) is 0 Å². The normalized spacial score (nSPS) is 18.6. The third-order valence-corrected chi connectivity index (χ3v) is 6.44. The highest BCUT2D eigenvalue weighted by Gasteiger charge is 2.34. The Labute approximate surface area is 154 Å². The van der Waals surface area contributed by atoms with E-state index in [0.717, 1.165) is 11.1 Å². The zero-order valence-electron chi connectivity index (χ0n) is 14.8. The van der Waals surface area contributed by atoms with Crippen molar-refractivity contribution in [1.29, 1.82) is 0 Å². The summed E-state index contributed by atoms with van der Waals surface area (Å²) < 4.78 is 28.7. The van der Waals surface area contributed by atoms with Crippen molar-refractivity contribution in [1.82, 2.24) is 4.90 Å². The van der Waals surface area contributed by atoms with Gasteiger partial charge in [-0.1, -0.05) is 42.5 Å². The maximum absolute atomic E-state index is 13.0. The molecule has 138 valence electrons. The molecule has 1 fully saturated rings. The Kier molecular flexibility index (Phi) is 5.74. The lowest BCUT2D eigenvalue weighted by Gasteiger charge is -2.28. The summed E-state index contributed by atoms with van der Waals surface area (Å²) in [6, 6.07) is 17.1. The second-order valence-electron chi connectivity index (χ2n) is 6.49. The van der Waals surface area contributed by atoms with Gasteiger partial charge in [0.25, 0.3) is 5.91 Å². The second-order valence-corrected chi connectivity index (χ2v) is 8.72. The van der Waals surface area contributed by atoms with E-state index >= 15 is 0 Å². The Morgan fingerprint density at radius 1 is 1.08 bits per heavy atom. The van der Waals surface area contributed by atoms with Crippen LogP contribution in [0.25, 0.3) is 11.1 Å². The minimum Gasteiger partial charge on any atom is -0.383 e. The predicted octanol–water partition coefficient (Wildman–Crippen LogP) is 2.63. The standard InChI is InChI=1S/C20H23NO4S/c1-25-13-12-21(19-11-14-26(23,24)15-19)20(22)18-9-7-17(8-10-18)16-5-3-2-4-6-16/h2-10,19H,11-15H2,1H3/t19-/m1/s1. The van der Waals surface area contributed by atoms with E-state index in [-0.39, 0.29) is 23.5 Å². The van der Waals surface area contributed by atoms with Crippen LogP contribution in [0.4, 0.5) is 0 Å². The van der Waals surface area contributed by atoms with Gasteiger partial charge < -0.3 is 9.64 Å². The molecule has 1 saturated heterocycles. The number of nitrogens with zero attached hydrogens (tertiary/aromatic N) is 1. The molecular formula is C20H23NO4S. The highest BCUT2D eigenvalue weighted by atomic mass is 32.2. The van der Waals surface area contributed by atoms with Crippen molar-refractivity contribution in [2.24, 2.45) is 0 Å². The van der Waals surface area contributed by atoms with Crippen molar-refractivity contribution < 1.29 is 17.9 Å². The van der Waals surface area contributed by atoms with Gasteiger partial charge in [-0.05, 0) is 29.7 Å². The van der Waals surface area contributed by atoms with Crippen molar-refractivity contribution in [3.63, 3.8) is 0 Å². The molecule has 1 amide bonds. The average molecular weight is 373 g/mol. The van der Waals surface area contributed by atoms with E-state index in [4.69, 9.17) is 4.74 Å². The van der Waals surface area contributed by atoms with Crippen LogP contribution in [0, 0.1) is 0 Å². The Hall–Kier alpha value is -2.18. The first kappa shape index (κ1) is 18.6. The number of carbonyl (C=O) groups is 1. The number of methoxy groups -OCH3 is 1.